The maximum atomic E-state index is 14.9. The van der Waals surface area contributed by atoms with Gasteiger partial charge in [0.25, 0.3) is 0 Å². The highest BCUT2D eigenvalue weighted by Crippen LogP contribution is 2.24. The summed E-state index contributed by atoms with van der Waals surface area (Å²) in [4.78, 5) is 156. The van der Waals surface area contributed by atoms with Gasteiger partial charge in [0.1, 0.15) is 59.8 Å². The van der Waals surface area contributed by atoms with Crippen molar-refractivity contribution in [3.63, 3.8) is 0 Å². The van der Waals surface area contributed by atoms with Crippen LogP contribution in [0.5, 0.6) is 11.5 Å². The molecular formula is C56H82N12O14. The van der Waals surface area contributed by atoms with E-state index in [0.717, 1.165) is 0 Å². The average molecular weight is 1150 g/mol. The van der Waals surface area contributed by atoms with Crippen molar-refractivity contribution in [2.45, 2.75) is 166 Å². The second-order valence-electron chi connectivity index (χ2n) is 21.2. The first-order chi connectivity index (χ1) is 38.9. The second-order valence-corrected chi connectivity index (χ2v) is 21.2. The number of benzene rings is 2. The molecule has 0 spiro atoms. The van der Waals surface area contributed by atoms with E-state index in [1.54, 1.807) is 13.8 Å². The van der Waals surface area contributed by atoms with Gasteiger partial charge in [-0.05, 0) is 113 Å². The number of carboxylic acid groups (broad SMARTS) is 1. The van der Waals surface area contributed by atoms with Gasteiger partial charge in [-0.25, -0.2) is 0 Å². The van der Waals surface area contributed by atoms with E-state index in [2.05, 4.69) is 47.9 Å². The molecule has 0 bridgehead atoms. The van der Waals surface area contributed by atoms with Gasteiger partial charge >= 0.3 is 5.97 Å². The van der Waals surface area contributed by atoms with E-state index in [0.29, 0.717) is 36.8 Å². The maximum absolute atomic E-state index is 14.9. The molecule has 450 valence electrons. The number of aliphatic carboxylic acids is 1. The minimum Gasteiger partial charge on any atom is -0.508 e. The monoisotopic (exact) mass is 1150 g/mol. The molecule has 2 aromatic carbocycles. The quantitative estimate of drug-likeness (QED) is 0.0490. The number of likely N-dealkylation sites (N-methyl/N-ethyl adjacent to an activating group) is 1. The van der Waals surface area contributed by atoms with Crippen LogP contribution in [0.2, 0.25) is 0 Å². The van der Waals surface area contributed by atoms with Gasteiger partial charge in [0, 0.05) is 45.9 Å². The van der Waals surface area contributed by atoms with Crippen LogP contribution in [0.3, 0.4) is 0 Å². The first-order valence-electron chi connectivity index (χ1n) is 27.9. The zero-order valence-electron chi connectivity index (χ0n) is 47.6. The van der Waals surface area contributed by atoms with E-state index in [1.807, 2.05) is 6.92 Å². The Bertz CT molecular complexity index is 2580. The van der Waals surface area contributed by atoms with Crippen molar-refractivity contribution in [2.24, 2.45) is 5.92 Å². The van der Waals surface area contributed by atoms with Crippen LogP contribution in [0.25, 0.3) is 0 Å². The Morgan fingerprint density at radius 3 is 1.83 bits per heavy atom. The van der Waals surface area contributed by atoms with E-state index >= 15 is 0 Å². The molecular weight excluding hydrogens is 1060 g/mol. The van der Waals surface area contributed by atoms with Gasteiger partial charge < -0.3 is 73.0 Å². The molecule has 0 unspecified atom stereocenters. The highest BCUT2D eigenvalue weighted by molar-refractivity contribution is 5.99. The zero-order chi connectivity index (χ0) is 60.6. The van der Waals surface area contributed by atoms with Crippen LogP contribution in [-0.2, 0) is 65.6 Å². The summed E-state index contributed by atoms with van der Waals surface area (Å²) in [5, 5.41) is 61.3. The molecule has 0 saturated carbocycles. The fraction of sp³-hybridized carbons (Fsp3) is 0.571. The first kappa shape index (κ1) is 66.2. The summed E-state index contributed by atoms with van der Waals surface area (Å²) < 4.78 is 0. The lowest BCUT2D eigenvalue weighted by molar-refractivity contribution is -0.148. The molecule has 10 amide bonds. The largest absolute Gasteiger partial charge is 0.508 e. The third kappa shape index (κ3) is 21.6. The van der Waals surface area contributed by atoms with Crippen LogP contribution < -0.4 is 47.9 Å². The molecule has 2 fully saturated rings. The summed E-state index contributed by atoms with van der Waals surface area (Å²) in [6.07, 6.45) is 0.900. The van der Waals surface area contributed by atoms with Crippen LogP contribution in [0.1, 0.15) is 116 Å². The standard InChI is InChI=1S/C56H82N12O14/c1-7-12-46(71)59-24-9-8-14-44-54(80)65-41(28-35-16-20-37(69)21-17-35)52(78)63-39(13-10-25-58-34(5)57)50(76)60-31-47(72)62-42(30-48(73)74)53(79)64-40(27-32(2)3)51(77)61-33(4)49(75)66-43(29-36-18-22-38(70)23-19-36)55(81)68-26-11-15-45(68)56(82)67(44)6/h16-23,32-33,39-45,69-70H,7-15,24-31H2,1-6H3,(H2,57,58)(H,59,71)(H,60,76)(H,61,77)(H,62,72)(H,63,78)(H,64,79)(H,65,80)(H,66,75)(H,73,74)/t33-,39-,40-,41-,42-,43-,44-,45+/m0/s1. The van der Waals surface area contributed by atoms with Crippen LogP contribution >= 0.6 is 0 Å². The molecule has 8 atom stereocenters. The van der Waals surface area contributed by atoms with E-state index in [9.17, 15) is 68.1 Å². The van der Waals surface area contributed by atoms with E-state index in [4.69, 9.17) is 5.41 Å². The normalized spacial score (nSPS) is 23.2. The third-order valence-corrected chi connectivity index (χ3v) is 13.9. The SMILES string of the molecule is CCCC(=O)NCCCC[C@H]1C(=O)N[C@@H](Cc2ccc(O)cc2)C(=O)N[C@@H](CCCNC(C)=N)C(=O)NCC(=O)N[C@@H](CC(=O)O)C(=O)N[C@@H](CC(C)C)C(=O)N[C@@H](C)C(=O)N[C@@H](Cc2ccc(O)cc2)C(=O)N2CCC[C@@H]2C(=O)N1C. The Kier molecular flexibility index (Phi) is 26.5. The smallest absolute Gasteiger partial charge is 0.305 e. The van der Waals surface area contributed by atoms with Crippen molar-refractivity contribution in [3.8, 4) is 11.5 Å². The molecule has 13 N–H and O–H groups in total. The number of rotatable bonds is 19. The molecule has 0 aliphatic carbocycles. The van der Waals surface area contributed by atoms with Crippen LogP contribution in [0.4, 0.5) is 0 Å². The highest BCUT2D eigenvalue weighted by Gasteiger charge is 2.42. The number of carbonyl (C=O) groups is 11. The van der Waals surface area contributed by atoms with Gasteiger partial charge in [0.05, 0.1) is 18.8 Å². The number of hydrogen-bond acceptors (Lipinski definition) is 14. The van der Waals surface area contributed by atoms with Crippen molar-refractivity contribution in [1.82, 2.24) is 57.7 Å². The number of phenols is 2. The molecule has 2 aliphatic heterocycles. The fourth-order valence-corrected chi connectivity index (χ4v) is 9.49. The Hall–Kier alpha value is -8.32. The van der Waals surface area contributed by atoms with Gasteiger partial charge in [-0.1, -0.05) is 45.0 Å². The molecule has 4 rings (SSSR count). The van der Waals surface area contributed by atoms with E-state index < -0.39 is 120 Å². The lowest BCUT2D eigenvalue weighted by atomic mass is 10.0. The number of nitrogens with one attached hydrogen (secondary N) is 10. The molecule has 26 nitrogen and oxygen atoms in total. The molecule has 2 aromatic rings. The Balaban J connectivity index is 1.84. The van der Waals surface area contributed by atoms with Crippen molar-refractivity contribution in [2.75, 3.05) is 33.2 Å². The number of carboxylic acids is 1. The Morgan fingerprint density at radius 2 is 1.23 bits per heavy atom. The summed E-state index contributed by atoms with van der Waals surface area (Å²) in [5.41, 5.74) is 0.958. The zero-order valence-corrected chi connectivity index (χ0v) is 47.6. The second kappa shape index (κ2) is 32.8. The number of aromatic hydroxyl groups is 2. The maximum Gasteiger partial charge on any atom is 0.305 e. The van der Waals surface area contributed by atoms with E-state index in [1.165, 1.54) is 79.2 Å². The van der Waals surface area contributed by atoms with Crippen LogP contribution in [0.15, 0.2) is 48.5 Å². The average Bonchev–Trinajstić information content (AvgIpc) is 4.16. The number of amidine groups is 1. The molecule has 0 radical (unpaired) electrons. The summed E-state index contributed by atoms with van der Waals surface area (Å²) in [6, 6.07) is 0.393. The van der Waals surface area contributed by atoms with Crippen LogP contribution in [-0.4, -0.2) is 178 Å². The number of nitrogens with zero attached hydrogens (tertiary/aromatic N) is 2. The summed E-state index contributed by atoms with van der Waals surface area (Å²) >= 11 is 0. The number of phenolic OH excluding ortho intramolecular Hbond substituents is 2. The Labute approximate surface area is 477 Å². The number of unbranched alkanes of at least 4 members (excludes halogenated alkanes) is 1. The minimum atomic E-state index is -1.79. The van der Waals surface area contributed by atoms with Gasteiger partial charge in [0.15, 0.2) is 0 Å². The molecule has 0 aromatic heterocycles. The lowest BCUT2D eigenvalue weighted by Crippen LogP contribution is -2.60. The number of hydrogen-bond donors (Lipinski definition) is 13. The van der Waals surface area contributed by atoms with E-state index in [-0.39, 0.29) is 100 Å². The molecule has 2 heterocycles. The van der Waals surface area contributed by atoms with Crippen molar-refractivity contribution in [1.29, 1.82) is 5.41 Å². The number of carbonyl (C=O) groups excluding carboxylic acids is 10. The first-order valence-corrected chi connectivity index (χ1v) is 27.9. The summed E-state index contributed by atoms with van der Waals surface area (Å²) in [6.45, 7) is 7.85. The Morgan fingerprint density at radius 1 is 0.671 bits per heavy atom. The van der Waals surface area contributed by atoms with Crippen LogP contribution in [0, 0.1) is 11.3 Å². The van der Waals surface area contributed by atoms with Gasteiger partial charge in [0.2, 0.25) is 59.1 Å². The molecule has 26 heteroatoms. The molecule has 2 saturated heterocycles. The van der Waals surface area contributed by atoms with Crippen molar-refractivity contribution >= 4 is 70.9 Å². The number of amides is 10. The third-order valence-electron chi connectivity index (χ3n) is 13.9. The molecule has 82 heavy (non-hydrogen) atoms. The highest BCUT2D eigenvalue weighted by atomic mass is 16.4. The van der Waals surface area contributed by atoms with Gasteiger partial charge in [-0.3, -0.25) is 58.1 Å². The fourth-order valence-electron chi connectivity index (χ4n) is 9.49. The lowest BCUT2D eigenvalue weighted by Gasteiger charge is -2.35. The summed E-state index contributed by atoms with van der Waals surface area (Å²) in [7, 11) is 1.39. The number of fused-ring (bicyclic) bond motifs is 1. The van der Waals surface area contributed by atoms with Gasteiger partial charge in [-0.2, -0.15) is 0 Å². The summed E-state index contributed by atoms with van der Waals surface area (Å²) in [5.74, 6) is -9.71. The van der Waals surface area contributed by atoms with Crippen molar-refractivity contribution < 1.29 is 68.1 Å². The topological polar surface area (TPSA) is 387 Å². The van der Waals surface area contributed by atoms with Gasteiger partial charge in [-0.15, -0.1) is 0 Å². The minimum absolute atomic E-state index is 0.00801. The van der Waals surface area contributed by atoms with Crippen molar-refractivity contribution in [3.05, 3.63) is 59.7 Å². The predicted octanol–water partition coefficient (Wildman–Crippen LogP) is -0.266. The predicted molar refractivity (Wildman–Crippen MR) is 299 cm³/mol. The molecule has 2 aliphatic rings.